The average molecular weight is 265 g/mol. The van der Waals surface area contributed by atoms with Crippen molar-refractivity contribution in [1.29, 1.82) is 0 Å². The minimum absolute atomic E-state index is 0.145. The van der Waals surface area contributed by atoms with Crippen molar-refractivity contribution in [3.05, 3.63) is 39.9 Å². The van der Waals surface area contributed by atoms with Crippen LogP contribution in [0, 0.1) is 10.1 Å². The first-order valence-corrected chi connectivity index (χ1v) is 5.66. The Hall–Kier alpha value is -2.44. The summed E-state index contributed by atoms with van der Waals surface area (Å²) in [4.78, 5) is 33.0. The molecule has 7 nitrogen and oxygen atoms in total. The first-order chi connectivity index (χ1) is 9.08. The molecule has 0 amide bonds. The third-order valence-electron chi connectivity index (χ3n) is 2.68. The number of cyclic esters (lactones) is 1. The van der Waals surface area contributed by atoms with Crippen LogP contribution in [0.15, 0.2) is 24.3 Å². The molecule has 0 unspecified atom stereocenters. The molecule has 7 heteroatoms. The molecule has 0 saturated carbocycles. The van der Waals surface area contributed by atoms with Crippen LogP contribution in [0.25, 0.3) is 0 Å². The number of benzene rings is 1. The number of nitro benzene ring substituents is 1. The van der Waals surface area contributed by atoms with Crippen molar-refractivity contribution < 1.29 is 24.0 Å². The molecule has 1 aromatic rings. The summed E-state index contributed by atoms with van der Waals surface area (Å²) in [5, 5.41) is 10.8. The van der Waals surface area contributed by atoms with Crippen LogP contribution in [0.4, 0.5) is 5.69 Å². The number of nitro groups is 1. The molecule has 1 aliphatic rings. The fourth-order valence-electron chi connectivity index (χ4n) is 1.78. The number of esters is 2. The molecule has 2 rings (SSSR count). The second-order valence-corrected chi connectivity index (χ2v) is 4.00. The normalized spacial score (nSPS) is 17.9. The van der Waals surface area contributed by atoms with Gasteiger partial charge in [-0.2, -0.15) is 0 Å². The van der Waals surface area contributed by atoms with Crippen LogP contribution in [0.2, 0.25) is 0 Å². The fraction of sp³-hybridized carbons (Fsp3) is 0.333. The van der Waals surface area contributed by atoms with Gasteiger partial charge in [0.15, 0.2) is 0 Å². The number of nitrogens with zero attached hydrogens (tertiary/aromatic N) is 1. The van der Waals surface area contributed by atoms with Gasteiger partial charge < -0.3 is 9.47 Å². The van der Waals surface area contributed by atoms with Crippen LogP contribution < -0.4 is 0 Å². The summed E-state index contributed by atoms with van der Waals surface area (Å²) in [5.74, 6) is -1.26. The Balaban J connectivity index is 2.03. The van der Waals surface area contributed by atoms with Crippen molar-refractivity contribution in [1.82, 2.24) is 0 Å². The quantitative estimate of drug-likeness (QED) is 0.457. The average Bonchev–Trinajstić information content (AvgIpc) is 2.75. The van der Waals surface area contributed by atoms with Gasteiger partial charge in [0.1, 0.15) is 0 Å². The lowest BCUT2D eigenvalue weighted by molar-refractivity contribution is -0.385. The topological polar surface area (TPSA) is 95.7 Å². The molecule has 0 N–H and O–H groups in total. The molecule has 1 atom stereocenters. The van der Waals surface area contributed by atoms with Gasteiger partial charge >= 0.3 is 11.9 Å². The predicted octanol–water partition coefficient (Wildman–Crippen LogP) is 0.996. The largest absolute Gasteiger partial charge is 0.463 e. The van der Waals surface area contributed by atoms with Crippen molar-refractivity contribution in [2.45, 2.75) is 18.9 Å². The fourth-order valence-corrected chi connectivity index (χ4v) is 1.78. The van der Waals surface area contributed by atoms with Crippen molar-refractivity contribution in [2.75, 3.05) is 6.61 Å². The number of carbonyl (C=O) groups excluding carboxylic acids is 2. The summed E-state index contributed by atoms with van der Waals surface area (Å²) in [6.45, 7) is 0.224. The predicted molar refractivity (Wildman–Crippen MR) is 62.3 cm³/mol. The maximum atomic E-state index is 11.6. The Morgan fingerprint density at radius 3 is 2.84 bits per heavy atom. The SMILES string of the molecule is O=C(Cc1ccccc1[N+](=O)[O-])O[C@@H]1CCOC1=O. The van der Waals surface area contributed by atoms with E-state index in [0.29, 0.717) is 6.42 Å². The zero-order valence-electron chi connectivity index (χ0n) is 9.90. The lowest BCUT2D eigenvalue weighted by Gasteiger charge is -2.08. The molecule has 0 bridgehead atoms. The second-order valence-electron chi connectivity index (χ2n) is 4.00. The molecule has 0 aromatic heterocycles. The lowest BCUT2D eigenvalue weighted by Crippen LogP contribution is -2.23. The Labute approximate surface area is 108 Å². The van der Waals surface area contributed by atoms with Gasteiger partial charge in [-0.3, -0.25) is 14.9 Å². The van der Waals surface area contributed by atoms with Crippen LogP contribution in [-0.2, 0) is 25.5 Å². The highest BCUT2D eigenvalue weighted by atomic mass is 16.6. The van der Waals surface area contributed by atoms with Crippen LogP contribution in [-0.4, -0.2) is 29.6 Å². The molecular weight excluding hydrogens is 254 g/mol. The van der Waals surface area contributed by atoms with Gasteiger partial charge in [0.2, 0.25) is 6.10 Å². The highest BCUT2D eigenvalue weighted by Gasteiger charge is 2.30. The minimum atomic E-state index is -0.893. The molecule has 1 saturated heterocycles. The van der Waals surface area contributed by atoms with E-state index in [0.717, 1.165) is 0 Å². The molecule has 1 aromatic carbocycles. The zero-order chi connectivity index (χ0) is 13.8. The van der Waals surface area contributed by atoms with Crippen molar-refractivity contribution in [3.8, 4) is 0 Å². The molecule has 1 fully saturated rings. The van der Waals surface area contributed by atoms with E-state index in [2.05, 4.69) is 4.74 Å². The van der Waals surface area contributed by atoms with E-state index in [-0.39, 0.29) is 24.3 Å². The van der Waals surface area contributed by atoms with E-state index < -0.39 is 23.0 Å². The standard InChI is InChI=1S/C12H11NO6/c14-11(19-10-5-6-18-12(10)15)7-8-3-1-2-4-9(8)13(16)17/h1-4,10H,5-7H2/t10-/m1/s1. The summed E-state index contributed by atoms with van der Waals surface area (Å²) in [6.07, 6.45) is -0.821. The maximum absolute atomic E-state index is 11.6. The maximum Gasteiger partial charge on any atom is 0.347 e. The van der Waals surface area contributed by atoms with E-state index in [4.69, 9.17) is 4.74 Å². The van der Waals surface area contributed by atoms with E-state index >= 15 is 0 Å². The first kappa shape index (κ1) is 13.0. The molecule has 0 spiro atoms. The Bertz CT molecular complexity index is 527. The van der Waals surface area contributed by atoms with E-state index in [1.54, 1.807) is 6.07 Å². The number of ether oxygens (including phenoxy) is 2. The Morgan fingerprint density at radius 1 is 1.47 bits per heavy atom. The zero-order valence-corrected chi connectivity index (χ0v) is 9.90. The number of carbonyl (C=O) groups is 2. The van der Waals surface area contributed by atoms with Gasteiger partial charge in [-0.1, -0.05) is 18.2 Å². The molecule has 19 heavy (non-hydrogen) atoms. The summed E-state index contributed by atoms with van der Waals surface area (Å²) < 4.78 is 9.58. The smallest absolute Gasteiger partial charge is 0.347 e. The summed E-state index contributed by atoms with van der Waals surface area (Å²) in [6, 6.07) is 5.90. The second kappa shape index (κ2) is 5.47. The summed E-state index contributed by atoms with van der Waals surface area (Å²) in [7, 11) is 0. The first-order valence-electron chi connectivity index (χ1n) is 5.66. The van der Waals surface area contributed by atoms with Crippen LogP contribution in [0.3, 0.4) is 0 Å². The molecule has 0 radical (unpaired) electrons. The van der Waals surface area contributed by atoms with E-state index in [1.165, 1.54) is 18.2 Å². The summed E-state index contributed by atoms with van der Waals surface area (Å²) in [5.41, 5.74) is 0.109. The van der Waals surface area contributed by atoms with Crippen molar-refractivity contribution >= 4 is 17.6 Å². The third-order valence-corrected chi connectivity index (χ3v) is 2.68. The Morgan fingerprint density at radius 2 is 2.21 bits per heavy atom. The number of rotatable bonds is 4. The highest BCUT2D eigenvalue weighted by molar-refractivity contribution is 5.81. The van der Waals surface area contributed by atoms with Gasteiger partial charge in [0.05, 0.1) is 18.0 Å². The van der Waals surface area contributed by atoms with Gasteiger partial charge in [0.25, 0.3) is 5.69 Å². The monoisotopic (exact) mass is 265 g/mol. The molecule has 100 valence electrons. The van der Waals surface area contributed by atoms with E-state index in [1.807, 2.05) is 0 Å². The number of hydrogen-bond acceptors (Lipinski definition) is 6. The Kier molecular flexibility index (Phi) is 3.74. The summed E-state index contributed by atoms with van der Waals surface area (Å²) >= 11 is 0. The minimum Gasteiger partial charge on any atom is -0.463 e. The molecule has 1 aliphatic heterocycles. The molecule has 0 aliphatic carbocycles. The van der Waals surface area contributed by atoms with Crippen LogP contribution >= 0.6 is 0 Å². The van der Waals surface area contributed by atoms with Crippen LogP contribution in [0.1, 0.15) is 12.0 Å². The number of para-hydroxylation sites is 1. The van der Waals surface area contributed by atoms with Gasteiger partial charge in [0, 0.05) is 18.1 Å². The van der Waals surface area contributed by atoms with Gasteiger partial charge in [-0.05, 0) is 0 Å². The third kappa shape index (κ3) is 3.06. The van der Waals surface area contributed by atoms with Gasteiger partial charge in [-0.15, -0.1) is 0 Å². The molecular formula is C12H11NO6. The van der Waals surface area contributed by atoms with Crippen LogP contribution in [0.5, 0.6) is 0 Å². The van der Waals surface area contributed by atoms with Crippen molar-refractivity contribution in [3.63, 3.8) is 0 Å². The van der Waals surface area contributed by atoms with Crippen molar-refractivity contribution in [2.24, 2.45) is 0 Å². The lowest BCUT2D eigenvalue weighted by atomic mass is 10.1. The molecule has 1 heterocycles. The highest BCUT2D eigenvalue weighted by Crippen LogP contribution is 2.19. The number of hydrogen-bond donors (Lipinski definition) is 0. The van der Waals surface area contributed by atoms with E-state index in [9.17, 15) is 19.7 Å². The van der Waals surface area contributed by atoms with Gasteiger partial charge in [-0.25, -0.2) is 4.79 Å².